The smallest absolute Gasteiger partial charge is 0.333 e. The lowest BCUT2D eigenvalue weighted by molar-refractivity contribution is 0.0934. The number of rotatable bonds is 3. The molecule has 2 aromatic rings. The Morgan fingerprint density at radius 3 is 2.55 bits per heavy atom. The van der Waals surface area contributed by atoms with Crippen LogP contribution in [0, 0.1) is 13.8 Å². The first-order valence-electron chi connectivity index (χ1n) is 6.62. The molecule has 0 aliphatic rings. The molecule has 6 nitrogen and oxygen atoms in total. The maximum absolute atomic E-state index is 11.9. The third-order valence-corrected chi connectivity index (χ3v) is 3.34. The zero-order valence-corrected chi connectivity index (χ0v) is 13.0. The van der Waals surface area contributed by atoms with Gasteiger partial charge in [0.2, 0.25) is 0 Å². The summed E-state index contributed by atoms with van der Waals surface area (Å²) in [6, 6.07) is 8.24. The van der Waals surface area contributed by atoms with Gasteiger partial charge in [0.1, 0.15) is 11.5 Å². The van der Waals surface area contributed by atoms with E-state index in [1.54, 1.807) is 38.1 Å². The minimum absolute atomic E-state index is 0.255. The van der Waals surface area contributed by atoms with Crippen molar-refractivity contribution in [3.8, 4) is 0 Å². The van der Waals surface area contributed by atoms with Crippen molar-refractivity contribution in [1.29, 1.82) is 0 Å². The number of urea groups is 1. The van der Waals surface area contributed by atoms with Crippen molar-refractivity contribution >= 4 is 23.5 Å². The fourth-order valence-electron chi connectivity index (χ4n) is 1.90. The van der Waals surface area contributed by atoms with Crippen LogP contribution in [0.15, 0.2) is 34.7 Å². The molecular formula is C15H16ClN3O3. The van der Waals surface area contributed by atoms with E-state index in [1.165, 1.54) is 0 Å². The van der Waals surface area contributed by atoms with Crippen LogP contribution in [0.1, 0.15) is 27.4 Å². The van der Waals surface area contributed by atoms with Crippen LogP contribution in [0.4, 0.5) is 4.79 Å². The lowest BCUT2D eigenvalue weighted by atomic mass is 10.2. The Balaban J connectivity index is 1.82. The van der Waals surface area contributed by atoms with Crippen LogP contribution in [-0.2, 0) is 6.54 Å². The molecule has 0 aliphatic carbocycles. The van der Waals surface area contributed by atoms with Crippen molar-refractivity contribution in [3.05, 3.63) is 58.0 Å². The molecule has 0 saturated heterocycles. The highest BCUT2D eigenvalue weighted by Gasteiger charge is 2.14. The molecule has 7 heteroatoms. The van der Waals surface area contributed by atoms with Crippen LogP contribution in [0.3, 0.4) is 0 Å². The molecule has 0 aliphatic heterocycles. The maximum Gasteiger partial charge on any atom is 0.333 e. The lowest BCUT2D eigenvalue weighted by Gasteiger charge is -2.09. The molecule has 1 aromatic carbocycles. The predicted molar refractivity (Wildman–Crippen MR) is 82.5 cm³/mol. The summed E-state index contributed by atoms with van der Waals surface area (Å²) >= 11 is 5.98. The Morgan fingerprint density at radius 2 is 1.91 bits per heavy atom. The molecule has 2 rings (SSSR count). The lowest BCUT2D eigenvalue weighted by Crippen LogP contribution is -2.46. The second kappa shape index (κ2) is 7.00. The van der Waals surface area contributed by atoms with Crippen molar-refractivity contribution in [2.24, 2.45) is 0 Å². The number of carbonyl (C=O) groups excluding carboxylic acids is 2. The number of aryl methyl sites for hydroxylation is 2. The van der Waals surface area contributed by atoms with Crippen LogP contribution in [-0.4, -0.2) is 11.9 Å². The van der Waals surface area contributed by atoms with Crippen LogP contribution in [0.2, 0.25) is 5.02 Å². The van der Waals surface area contributed by atoms with Gasteiger partial charge in [-0.2, -0.15) is 0 Å². The number of hydrogen-bond acceptors (Lipinski definition) is 3. The van der Waals surface area contributed by atoms with Gasteiger partial charge in [0.15, 0.2) is 0 Å². The maximum atomic E-state index is 11.9. The minimum atomic E-state index is -0.536. The van der Waals surface area contributed by atoms with E-state index in [2.05, 4.69) is 16.2 Å². The summed E-state index contributed by atoms with van der Waals surface area (Å²) in [6.45, 7) is 3.68. The number of benzene rings is 1. The monoisotopic (exact) mass is 321 g/mol. The van der Waals surface area contributed by atoms with Gasteiger partial charge in [-0.25, -0.2) is 10.2 Å². The minimum Gasteiger partial charge on any atom is -0.466 e. The highest BCUT2D eigenvalue weighted by atomic mass is 35.5. The van der Waals surface area contributed by atoms with E-state index >= 15 is 0 Å². The van der Waals surface area contributed by atoms with Crippen LogP contribution in [0.25, 0.3) is 0 Å². The Kier molecular flexibility index (Phi) is 5.06. The van der Waals surface area contributed by atoms with Gasteiger partial charge < -0.3 is 9.73 Å². The number of carbonyl (C=O) groups is 2. The Labute approximate surface area is 132 Å². The zero-order chi connectivity index (χ0) is 16.1. The van der Waals surface area contributed by atoms with Crippen LogP contribution >= 0.6 is 11.6 Å². The average Bonchev–Trinajstić information content (AvgIpc) is 2.82. The summed E-state index contributed by atoms with van der Waals surface area (Å²) in [5.41, 5.74) is 5.75. The van der Waals surface area contributed by atoms with E-state index in [0.717, 1.165) is 5.56 Å². The van der Waals surface area contributed by atoms with Crippen LogP contribution < -0.4 is 16.2 Å². The second-order valence-corrected chi connectivity index (χ2v) is 5.09. The molecule has 3 N–H and O–H groups in total. The van der Waals surface area contributed by atoms with E-state index in [4.69, 9.17) is 16.0 Å². The summed E-state index contributed by atoms with van der Waals surface area (Å²) in [7, 11) is 0. The van der Waals surface area contributed by atoms with E-state index in [0.29, 0.717) is 22.1 Å². The van der Waals surface area contributed by atoms with Gasteiger partial charge in [-0.15, -0.1) is 0 Å². The first-order valence-corrected chi connectivity index (χ1v) is 7.00. The molecule has 0 radical (unpaired) electrons. The van der Waals surface area contributed by atoms with E-state index < -0.39 is 11.9 Å². The summed E-state index contributed by atoms with van der Waals surface area (Å²) in [5, 5.41) is 3.16. The Hall–Kier alpha value is -2.47. The van der Waals surface area contributed by atoms with Gasteiger partial charge in [0.25, 0.3) is 5.91 Å². The van der Waals surface area contributed by atoms with Gasteiger partial charge in [0, 0.05) is 11.6 Å². The largest absolute Gasteiger partial charge is 0.466 e. The number of amides is 3. The first-order chi connectivity index (χ1) is 10.5. The molecule has 0 unspecified atom stereocenters. The van der Waals surface area contributed by atoms with Crippen molar-refractivity contribution in [2.45, 2.75) is 20.4 Å². The number of furan rings is 1. The summed E-state index contributed by atoms with van der Waals surface area (Å²) < 4.78 is 5.26. The normalized spacial score (nSPS) is 10.1. The van der Waals surface area contributed by atoms with Crippen molar-refractivity contribution < 1.29 is 14.0 Å². The topological polar surface area (TPSA) is 83.4 Å². The molecule has 0 bridgehead atoms. The molecule has 116 valence electrons. The molecule has 1 aromatic heterocycles. The average molecular weight is 322 g/mol. The molecule has 3 amide bonds. The molecule has 0 fully saturated rings. The molecule has 0 saturated carbocycles. The van der Waals surface area contributed by atoms with Crippen molar-refractivity contribution in [1.82, 2.24) is 16.2 Å². The van der Waals surface area contributed by atoms with Gasteiger partial charge in [0.05, 0.1) is 5.56 Å². The quantitative estimate of drug-likeness (QED) is 0.760. The van der Waals surface area contributed by atoms with Crippen LogP contribution in [0.5, 0.6) is 0 Å². The third kappa shape index (κ3) is 4.02. The number of halogens is 1. The summed E-state index contributed by atoms with van der Waals surface area (Å²) in [5.74, 6) is 0.682. The second-order valence-electron chi connectivity index (χ2n) is 4.68. The number of hydrazine groups is 1. The molecule has 22 heavy (non-hydrogen) atoms. The van der Waals surface area contributed by atoms with E-state index in [-0.39, 0.29) is 6.54 Å². The third-order valence-electron chi connectivity index (χ3n) is 2.97. The Morgan fingerprint density at radius 1 is 1.18 bits per heavy atom. The summed E-state index contributed by atoms with van der Waals surface area (Å²) in [4.78, 5) is 23.5. The predicted octanol–water partition coefficient (Wildman–Crippen LogP) is 2.69. The molecule has 0 spiro atoms. The standard InChI is InChI=1S/C15H16ClN3O3/c1-9-7-12(10(2)22-9)14(20)18-19-15(21)17-8-11-5-3-4-6-13(11)16/h3-7H,8H2,1-2H3,(H,18,20)(H2,17,19,21). The SMILES string of the molecule is Cc1cc(C(=O)NNC(=O)NCc2ccccc2Cl)c(C)o1. The highest BCUT2D eigenvalue weighted by Crippen LogP contribution is 2.14. The van der Waals surface area contributed by atoms with Gasteiger partial charge in [-0.05, 0) is 31.5 Å². The van der Waals surface area contributed by atoms with E-state index in [1.807, 2.05) is 6.07 Å². The Bertz CT molecular complexity index is 697. The van der Waals surface area contributed by atoms with Gasteiger partial charge in [-0.1, -0.05) is 29.8 Å². The summed E-state index contributed by atoms with van der Waals surface area (Å²) in [6.07, 6.45) is 0. The zero-order valence-electron chi connectivity index (χ0n) is 12.2. The number of nitrogens with one attached hydrogen (secondary N) is 3. The fourth-order valence-corrected chi connectivity index (χ4v) is 2.10. The molecule has 0 atom stereocenters. The first kappa shape index (κ1) is 15.9. The van der Waals surface area contributed by atoms with Gasteiger partial charge in [-0.3, -0.25) is 10.2 Å². The van der Waals surface area contributed by atoms with E-state index in [9.17, 15) is 9.59 Å². The molecular weight excluding hydrogens is 306 g/mol. The number of hydrogen-bond donors (Lipinski definition) is 3. The van der Waals surface area contributed by atoms with Gasteiger partial charge >= 0.3 is 6.03 Å². The van der Waals surface area contributed by atoms with Crippen molar-refractivity contribution in [3.63, 3.8) is 0 Å². The molecule has 1 heterocycles. The highest BCUT2D eigenvalue weighted by molar-refractivity contribution is 6.31. The fraction of sp³-hybridized carbons (Fsp3) is 0.200. The van der Waals surface area contributed by atoms with Crippen molar-refractivity contribution in [2.75, 3.05) is 0 Å².